The minimum atomic E-state index is -0.960. The third kappa shape index (κ3) is 4.70. The van der Waals surface area contributed by atoms with E-state index in [4.69, 9.17) is 16.7 Å². The van der Waals surface area contributed by atoms with Gasteiger partial charge in [-0.05, 0) is 51.7 Å². The molecule has 1 atom stereocenters. The molecule has 6 nitrogen and oxygen atoms in total. The Labute approximate surface area is 149 Å². The molecule has 1 fully saturated rings. The third-order valence-corrected chi connectivity index (χ3v) is 4.96. The van der Waals surface area contributed by atoms with Crippen molar-refractivity contribution in [3.8, 4) is 0 Å². The molecule has 23 heavy (non-hydrogen) atoms. The first-order chi connectivity index (χ1) is 10.7. The van der Waals surface area contributed by atoms with Crippen molar-refractivity contribution in [3.05, 3.63) is 16.0 Å². The molecule has 0 saturated carbocycles. The van der Waals surface area contributed by atoms with Gasteiger partial charge in [0.25, 0.3) is 0 Å². The molecule has 8 heteroatoms. The molecule has 128 valence electrons. The summed E-state index contributed by atoms with van der Waals surface area (Å²) >= 11 is 9.35. The van der Waals surface area contributed by atoms with Crippen LogP contribution in [-0.2, 0) is 0 Å². The first kappa shape index (κ1) is 18.3. The zero-order valence-corrected chi connectivity index (χ0v) is 15.9. The number of carboxylic acid groups (broad SMARTS) is 1. The molecule has 0 aromatic carbocycles. The fourth-order valence-electron chi connectivity index (χ4n) is 3.18. The number of anilines is 1. The lowest BCUT2D eigenvalue weighted by atomic mass is 9.75. The number of rotatable bonds is 3. The minimum absolute atomic E-state index is 0.0698. The maximum Gasteiger partial charge on any atom is 0.404 e. The molecule has 1 aliphatic rings. The molecule has 2 N–H and O–H groups in total. The highest BCUT2D eigenvalue weighted by atomic mass is 79.9. The van der Waals surface area contributed by atoms with Gasteiger partial charge < -0.3 is 15.3 Å². The summed E-state index contributed by atoms with van der Waals surface area (Å²) in [7, 11) is 0. The van der Waals surface area contributed by atoms with E-state index in [9.17, 15) is 4.79 Å². The molecule has 0 spiro atoms. The van der Waals surface area contributed by atoms with Crippen LogP contribution in [0, 0.1) is 11.3 Å². The number of halogens is 2. The number of amides is 1. The van der Waals surface area contributed by atoms with E-state index >= 15 is 0 Å². The zero-order chi connectivity index (χ0) is 17.2. The Kier molecular flexibility index (Phi) is 5.73. The van der Waals surface area contributed by atoms with Gasteiger partial charge in [-0.25, -0.2) is 9.78 Å². The quantitative estimate of drug-likeness (QED) is 0.748. The Morgan fingerprint density at radius 2 is 2.09 bits per heavy atom. The molecular weight excluding hydrogens is 384 g/mol. The van der Waals surface area contributed by atoms with Crippen molar-refractivity contribution in [2.24, 2.45) is 11.3 Å². The average molecular weight is 406 g/mol. The van der Waals surface area contributed by atoms with E-state index in [0.717, 1.165) is 36.2 Å². The molecule has 0 bridgehead atoms. The van der Waals surface area contributed by atoms with Gasteiger partial charge >= 0.3 is 6.09 Å². The third-order valence-electron chi connectivity index (χ3n) is 4.22. The summed E-state index contributed by atoms with van der Waals surface area (Å²) in [5, 5.41) is 12.0. The predicted octanol–water partition coefficient (Wildman–Crippen LogP) is 3.79. The molecule has 1 aliphatic heterocycles. The maximum absolute atomic E-state index is 11.1. The number of hydrogen-bond acceptors (Lipinski definition) is 4. The molecule has 1 aromatic rings. The van der Waals surface area contributed by atoms with E-state index in [0.29, 0.717) is 5.92 Å². The van der Waals surface area contributed by atoms with Gasteiger partial charge in [0, 0.05) is 25.3 Å². The minimum Gasteiger partial charge on any atom is -0.465 e. The lowest BCUT2D eigenvalue weighted by Gasteiger charge is -2.42. The van der Waals surface area contributed by atoms with Crippen LogP contribution in [0.3, 0.4) is 0 Å². The number of nitrogens with one attached hydrogen (secondary N) is 1. The largest absolute Gasteiger partial charge is 0.465 e. The van der Waals surface area contributed by atoms with Crippen LogP contribution in [0.25, 0.3) is 0 Å². The monoisotopic (exact) mass is 404 g/mol. The lowest BCUT2D eigenvalue weighted by Crippen LogP contribution is -2.51. The van der Waals surface area contributed by atoms with Crippen LogP contribution in [0.1, 0.15) is 33.6 Å². The second kappa shape index (κ2) is 7.21. The Balaban J connectivity index is 2.07. The molecule has 2 heterocycles. The van der Waals surface area contributed by atoms with Crippen molar-refractivity contribution in [1.82, 2.24) is 15.3 Å². The highest BCUT2D eigenvalue weighted by molar-refractivity contribution is 9.10. The van der Waals surface area contributed by atoms with E-state index < -0.39 is 6.09 Å². The summed E-state index contributed by atoms with van der Waals surface area (Å²) in [6, 6.07) is -0.0698. The zero-order valence-electron chi connectivity index (χ0n) is 13.5. The summed E-state index contributed by atoms with van der Waals surface area (Å²) in [4.78, 5) is 21.5. The smallest absolute Gasteiger partial charge is 0.404 e. The van der Waals surface area contributed by atoms with Crippen molar-refractivity contribution in [1.29, 1.82) is 0 Å². The van der Waals surface area contributed by atoms with Gasteiger partial charge in [-0.3, -0.25) is 0 Å². The van der Waals surface area contributed by atoms with E-state index in [1.165, 1.54) is 0 Å². The molecule has 1 saturated heterocycles. The molecule has 1 aromatic heterocycles. The Morgan fingerprint density at radius 3 is 2.61 bits per heavy atom. The molecule has 1 amide bonds. The number of carbonyl (C=O) groups is 1. The van der Waals surface area contributed by atoms with Crippen LogP contribution in [0.4, 0.5) is 10.6 Å². The number of nitrogens with zero attached hydrogens (tertiary/aromatic N) is 3. The van der Waals surface area contributed by atoms with Gasteiger partial charge in [-0.2, -0.15) is 4.98 Å². The number of aromatic nitrogens is 2. The van der Waals surface area contributed by atoms with Crippen LogP contribution >= 0.6 is 27.5 Å². The van der Waals surface area contributed by atoms with Crippen molar-refractivity contribution < 1.29 is 9.90 Å². The van der Waals surface area contributed by atoms with Gasteiger partial charge in [0.05, 0.1) is 4.47 Å². The Bertz CT molecular complexity index is 571. The fourth-order valence-corrected chi connectivity index (χ4v) is 3.75. The van der Waals surface area contributed by atoms with Gasteiger partial charge in [0.2, 0.25) is 5.28 Å². The predicted molar refractivity (Wildman–Crippen MR) is 94.1 cm³/mol. The van der Waals surface area contributed by atoms with E-state index in [-0.39, 0.29) is 16.7 Å². The van der Waals surface area contributed by atoms with Crippen LogP contribution in [0.15, 0.2) is 10.7 Å². The summed E-state index contributed by atoms with van der Waals surface area (Å²) in [5.41, 5.74) is -0.121. The molecule has 1 unspecified atom stereocenters. The number of hydrogen-bond donors (Lipinski definition) is 2. The Morgan fingerprint density at radius 1 is 1.48 bits per heavy atom. The van der Waals surface area contributed by atoms with Crippen LogP contribution < -0.4 is 10.2 Å². The molecule has 0 aliphatic carbocycles. The van der Waals surface area contributed by atoms with E-state index in [1.54, 1.807) is 6.20 Å². The first-order valence-electron chi connectivity index (χ1n) is 7.61. The van der Waals surface area contributed by atoms with Gasteiger partial charge in [0.15, 0.2) is 0 Å². The summed E-state index contributed by atoms with van der Waals surface area (Å²) in [5.74, 6) is 1.10. The highest BCUT2D eigenvalue weighted by Gasteiger charge is 2.36. The van der Waals surface area contributed by atoms with Crippen LogP contribution in [-0.4, -0.2) is 40.3 Å². The highest BCUT2D eigenvalue weighted by Crippen LogP contribution is 2.34. The topological polar surface area (TPSA) is 78.4 Å². The van der Waals surface area contributed by atoms with Gasteiger partial charge in [0.1, 0.15) is 5.82 Å². The van der Waals surface area contributed by atoms with Crippen LogP contribution in [0.2, 0.25) is 5.28 Å². The molecular formula is C15H22BrClN4O2. The second-order valence-corrected chi connectivity index (χ2v) is 8.12. The summed E-state index contributed by atoms with van der Waals surface area (Å²) < 4.78 is 0.816. The van der Waals surface area contributed by atoms with E-state index in [2.05, 4.69) is 56.9 Å². The van der Waals surface area contributed by atoms with E-state index in [1.807, 2.05) is 0 Å². The van der Waals surface area contributed by atoms with Crippen LogP contribution in [0.5, 0.6) is 0 Å². The summed E-state index contributed by atoms with van der Waals surface area (Å²) in [6.07, 6.45) is 2.49. The Hall–Kier alpha value is -1.08. The normalized spacial score (nSPS) is 17.9. The SMILES string of the molecule is CC(C)(C)C(NC(=O)O)C1CCN(c2nc(Cl)ncc2Br)CC1. The standard InChI is InChI=1S/C15H22BrClN4O2/c1-15(2,3)11(19-14(22)23)9-4-6-21(7-5-9)12-10(16)8-18-13(17)20-12/h8-9,11,19H,4-7H2,1-3H3,(H,22,23). The molecule has 2 rings (SSSR count). The van der Waals surface area contributed by atoms with Gasteiger partial charge in [-0.1, -0.05) is 20.8 Å². The second-order valence-electron chi connectivity index (χ2n) is 6.93. The average Bonchev–Trinajstić information content (AvgIpc) is 2.46. The lowest BCUT2D eigenvalue weighted by molar-refractivity contribution is 0.142. The number of piperidine rings is 1. The fraction of sp³-hybridized carbons (Fsp3) is 0.667. The first-order valence-corrected chi connectivity index (χ1v) is 8.78. The van der Waals surface area contributed by atoms with Crippen molar-refractivity contribution in [3.63, 3.8) is 0 Å². The van der Waals surface area contributed by atoms with Crippen molar-refractivity contribution in [2.45, 2.75) is 39.7 Å². The summed E-state index contributed by atoms with van der Waals surface area (Å²) in [6.45, 7) is 7.83. The molecule has 0 radical (unpaired) electrons. The van der Waals surface area contributed by atoms with Crippen molar-refractivity contribution in [2.75, 3.05) is 18.0 Å². The van der Waals surface area contributed by atoms with Crippen molar-refractivity contribution >= 4 is 39.4 Å². The maximum atomic E-state index is 11.1. The van der Waals surface area contributed by atoms with Gasteiger partial charge in [-0.15, -0.1) is 0 Å².